The highest BCUT2D eigenvalue weighted by Gasteiger charge is 2.25. The first-order valence-corrected chi connectivity index (χ1v) is 6.94. The maximum atomic E-state index is 11.9. The van der Waals surface area contributed by atoms with Crippen LogP contribution in [0.3, 0.4) is 0 Å². The van der Waals surface area contributed by atoms with Crippen LogP contribution in [0.1, 0.15) is 28.4 Å². The molecular weight excluding hydrogens is 262 g/mol. The lowest BCUT2D eigenvalue weighted by Gasteiger charge is -2.16. The molecule has 0 saturated heterocycles. The van der Waals surface area contributed by atoms with Gasteiger partial charge in [-0.2, -0.15) is 0 Å². The number of ketones is 2. The fraction of sp³-hybridized carbons (Fsp3) is 0.111. The molecule has 0 spiro atoms. The van der Waals surface area contributed by atoms with E-state index in [9.17, 15) is 9.59 Å². The van der Waals surface area contributed by atoms with Gasteiger partial charge >= 0.3 is 0 Å². The number of carbonyl (C=O) groups excluding carboxylic acids is 2. The molecule has 3 nitrogen and oxygen atoms in total. The summed E-state index contributed by atoms with van der Waals surface area (Å²) in [6.45, 7) is 2.90. The van der Waals surface area contributed by atoms with Crippen LogP contribution < -0.4 is 5.32 Å². The third kappa shape index (κ3) is 2.38. The lowest BCUT2D eigenvalue weighted by atomic mass is 9.86. The van der Waals surface area contributed by atoms with E-state index in [2.05, 4.69) is 5.32 Å². The van der Waals surface area contributed by atoms with Crippen molar-refractivity contribution >= 4 is 22.8 Å². The van der Waals surface area contributed by atoms with Gasteiger partial charge in [0, 0.05) is 17.8 Å². The van der Waals surface area contributed by atoms with Gasteiger partial charge in [-0.15, -0.1) is 0 Å². The Labute approximate surface area is 123 Å². The van der Waals surface area contributed by atoms with Crippen molar-refractivity contribution in [2.75, 3.05) is 11.9 Å². The molecular formula is C18H15NO2. The number of anilines is 1. The Hall–Kier alpha value is -2.68. The van der Waals surface area contributed by atoms with Gasteiger partial charge in [0.25, 0.3) is 0 Å². The average Bonchev–Trinajstić information content (AvgIpc) is 2.52. The maximum Gasteiger partial charge on any atom is 0.233 e. The van der Waals surface area contributed by atoms with Gasteiger partial charge in [-0.25, -0.2) is 0 Å². The SMILES string of the molecule is CCNc1ccc(C2=CC(=O)C(=O)c3ccccc32)cc1. The van der Waals surface area contributed by atoms with Crippen molar-refractivity contribution in [3.05, 3.63) is 71.3 Å². The average molecular weight is 277 g/mol. The number of nitrogens with one attached hydrogen (secondary N) is 1. The van der Waals surface area contributed by atoms with Crippen molar-refractivity contribution < 1.29 is 9.59 Å². The van der Waals surface area contributed by atoms with Crippen molar-refractivity contribution in [1.82, 2.24) is 0 Å². The van der Waals surface area contributed by atoms with Crippen molar-refractivity contribution in [3.63, 3.8) is 0 Å². The van der Waals surface area contributed by atoms with Crippen LogP contribution in [0.5, 0.6) is 0 Å². The molecule has 104 valence electrons. The van der Waals surface area contributed by atoms with Gasteiger partial charge in [-0.05, 0) is 41.8 Å². The predicted molar refractivity (Wildman–Crippen MR) is 83.5 cm³/mol. The molecule has 3 heteroatoms. The largest absolute Gasteiger partial charge is 0.385 e. The first-order chi connectivity index (χ1) is 10.2. The normalized spacial score (nSPS) is 13.7. The van der Waals surface area contributed by atoms with Crippen LogP contribution in [0.25, 0.3) is 5.57 Å². The Morgan fingerprint density at radius 3 is 2.24 bits per heavy atom. The van der Waals surface area contributed by atoms with Crippen molar-refractivity contribution in [1.29, 1.82) is 0 Å². The molecule has 0 aromatic heterocycles. The lowest BCUT2D eigenvalue weighted by Crippen LogP contribution is -2.18. The summed E-state index contributed by atoms with van der Waals surface area (Å²) in [7, 11) is 0. The summed E-state index contributed by atoms with van der Waals surface area (Å²) in [6, 6.07) is 15.1. The number of hydrogen-bond donors (Lipinski definition) is 1. The Kier molecular flexibility index (Phi) is 3.40. The molecule has 0 amide bonds. The highest BCUT2D eigenvalue weighted by atomic mass is 16.2. The van der Waals surface area contributed by atoms with E-state index in [-0.39, 0.29) is 0 Å². The number of carbonyl (C=O) groups is 2. The van der Waals surface area contributed by atoms with Crippen molar-refractivity contribution in [2.24, 2.45) is 0 Å². The van der Waals surface area contributed by atoms with E-state index < -0.39 is 11.6 Å². The van der Waals surface area contributed by atoms with Gasteiger partial charge in [0.2, 0.25) is 11.6 Å². The molecule has 0 fully saturated rings. The zero-order valence-corrected chi connectivity index (χ0v) is 11.7. The molecule has 0 heterocycles. The second-order valence-electron chi connectivity index (χ2n) is 4.90. The molecule has 21 heavy (non-hydrogen) atoms. The molecule has 0 atom stereocenters. The molecule has 1 aliphatic carbocycles. The molecule has 0 unspecified atom stereocenters. The van der Waals surface area contributed by atoms with E-state index in [1.54, 1.807) is 12.1 Å². The van der Waals surface area contributed by atoms with Crippen LogP contribution in [-0.2, 0) is 4.79 Å². The Morgan fingerprint density at radius 1 is 0.905 bits per heavy atom. The third-order valence-corrected chi connectivity index (χ3v) is 3.54. The van der Waals surface area contributed by atoms with Crippen molar-refractivity contribution in [2.45, 2.75) is 6.92 Å². The zero-order valence-electron chi connectivity index (χ0n) is 11.7. The van der Waals surface area contributed by atoms with E-state index in [0.717, 1.165) is 28.9 Å². The van der Waals surface area contributed by atoms with Crippen molar-refractivity contribution in [3.8, 4) is 0 Å². The van der Waals surface area contributed by atoms with Crippen LogP contribution in [0.2, 0.25) is 0 Å². The minimum absolute atomic E-state index is 0.432. The summed E-state index contributed by atoms with van der Waals surface area (Å²) in [5, 5.41) is 3.23. The van der Waals surface area contributed by atoms with E-state index >= 15 is 0 Å². The Bertz CT molecular complexity index is 742. The topological polar surface area (TPSA) is 46.2 Å². The summed E-state index contributed by atoms with van der Waals surface area (Å²) in [4.78, 5) is 23.8. The number of benzene rings is 2. The van der Waals surface area contributed by atoms with Gasteiger partial charge in [0.1, 0.15) is 0 Å². The molecule has 0 saturated carbocycles. The molecule has 2 aromatic carbocycles. The first-order valence-electron chi connectivity index (χ1n) is 6.94. The lowest BCUT2D eigenvalue weighted by molar-refractivity contribution is -0.111. The second kappa shape index (κ2) is 5.37. The monoisotopic (exact) mass is 277 g/mol. The van der Waals surface area contributed by atoms with Crippen LogP contribution >= 0.6 is 0 Å². The minimum atomic E-state index is -0.459. The number of Topliss-reactive ketones (excluding diaryl/α,β-unsaturated/α-hetero) is 1. The molecule has 2 aromatic rings. The predicted octanol–water partition coefficient (Wildman–Crippen LogP) is 3.32. The highest BCUT2D eigenvalue weighted by molar-refractivity contribution is 6.51. The standard InChI is InChI=1S/C18H15NO2/c1-2-19-13-9-7-12(8-10-13)16-11-17(20)18(21)15-6-4-3-5-14(15)16/h3-11,19H,2H2,1H3. The third-order valence-electron chi connectivity index (χ3n) is 3.54. The number of allylic oxidation sites excluding steroid dienone is 1. The van der Waals surface area contributed by atoms with Gasteiger partial charge in [0.05, 0.1) is 0 Å². The fourth-order valence-electron chi connectivity index (χ4n) is 2.53. The van der Waals surface area contributed by atoms with Gasteiger partial charge < -0.3 is 5.32 Å². The van der Waals surface area contributed by atoms with Crippen LogP contribution in [0.4, 0.5) is 5.69 Å². The molecule has 0 bridgehead atoms. The zero-order chi connectivity index (χ0) is 14.8. The van der Waals surface area contributed by atoms with Crippen LogP contribution in [-0.4, -0.2) is 18.1 Å². The number of fused-ring (bicyclic) bond motifs is 1. The van der Waals surface area contributed by atoms with Gasteiger partial charge in [-0.1, -0.05) is 36.4 Å². The smallest absolute Gasteiger partial charge is 0.233 e. The van der Waals surface area contributed by atoms with E-state index in [1.165, 1.54) is 6.08 Å². The summed E-state index contributed by atoms with van der Waals surface area (Å²) in [5.74, 6) is -0.891. The van der Waals surface area contributed by atoms with Gasteiger partial charge in [-0.3, -0.25) is 9.59 Å². The number of rotatable bonds is 3. The Morgan fingerprint density at radius 2 is 1.57 bits per heavy atom. The quantitative estimate of drug-likeness (QED) is 0.875. The van der Waals surface area contributed by atoms with E-state index in [4.69, 9.17) is 0 Å². The van der Waals surface area contributed by atoms with Crippen LogP contribution in [0.15, 0.2) is 54.6 Å². The second-order valence-corrected chi connectivity index (χ2v) is 4.90. The molecule has 1 aliphatic rings. The summed E-state index contributed by atoms with van der Waals surface area (Å²) >= 11 is 0. The molecule has 3 rings (SSSR count). The Balaban J connectivity index is 2.07. The van der Waals surface area contributed by atoms with Crippen LogP contribution in [0, 0.1) is 0 Å². The van der Waals surface area contributed by atoms with E-state index in [1.807, 2.05) is 43.3 Å². The minimum Gasteiger partial charge on any atom is -0.385 e. The number of hydrogen-bond acceptors (Lipinski definition) is 3. The summed E-state index contributed by atoms with van der Waals surface area (Å²) < 4.78 is 0. The first kappa shape index (κ1) is 13.3. The summed E-state index contributed by atoms with van der Waals surface area (Å²) in [6.07, 6.45) is 1.44. The fourth-order valence-corrected chi connectivity index (χ4v) is 2.53. The van der Waals surface area contributed by atoms with Gasteiger partial charge in [0.15, 0.2) is 0 Å². The molecule has 0 aliphatic heterocycles. The highest BCUT2D eigenvalue weighted by Crippen LogP contribution is 2.31. The molecule has 0 radical (unpaired) electrons. The molecule has 1 N–H and O–H groups in total. The van der Waals surface area contributed by atoms with E-state index in [0.29, 0.717) is 5.56 Å². The summed E-state index contributed by atoms with van der Waals surface area (Å²) in [5.41, 5.74) is 4.07. The maximum absolute atomic E-state index is 11.9.